The van der Waals surface area contributed by atoms with Crippen molar-refractivity contribution in [2.45, 2.75) is 26.3 Å². The Morgan fingerprint density at radius 3 is 2.83 bits per heavy atom. The number of nitrogens with one attached hydrogen (secondary N) is 1. The van der Waals surface area contributed by atoms with E-state index in [4.69, 9.17) is 0 Å². The zero-order valence-corrected chi connectivity index (χ0v) is 15.0. The SMILES string of the molecule is CC(C)CS(=O)(=O)CCC(=O)N1CCNCC1c1cccc(F)c1. The molecule has 1 heterocycles. The van der Waals surface area contributed by atoms with E-state index in [2.05, 4.69) is 5.32 Å². The van der Waals surface area contributed by atoms with Crippen molar-refractivity contribution in [1.82, 2.24) is 10.2 Å². The van der Waals surface area contributed by atoms with Gasteiger partial charge in [-0.25, -0.2) is 12.8 Å². The van der Waals surface area contributed by atoms with Crippen LogP contribution in [0.4, 0.5) is 4.39 Å². The molecule has 1 aromatic rings. The van der Waals surface area contributed by atoms with E-state index in [0.717, 1.165) is 5.56 Å². The number of halogens is 1. The number of benzene rings is 1. The molecule has 0 aromatic heterocycles. The van der Waals surface area contributed by atoms with Crippen LogP contribution in [0, 0.1) is 11.7 Å². The van der Waals surface area contributed by atoms with Crippen molar-refractivity contribution in [1.29, 1.82) is 0 Å². The fraction of sp³-hybridized carbons (Fsp3) is 0.588. The van der Waals surface area contributed by atoms with Crippen molar-refractivity contribution < 1.29 is 17.6 Å². The molecule has 7 heteroatoms. The van der Waals surface area contributed by atoms with Crippen LogP contribution in [-0.4, -0.2) is 50.4 Å². The molecular weight excluding hydrogens is 331 g/mol. The van der Waals surface area contributed by atoms with Crippen LogP contribution in [-0.2, 0) is 14.6 Å². The molecule has 0 radical (unpaired) electrons. The second kappa shape index (κ2) is 8.07. The summed E-state index contributed by atoms with van der Waals surface area (Å²) in [5, 5.41) is 3.20. The predicted molar refractivity (Wildman–Crippen MR) is 91.8 cm³/mol. The summed E-state index contributed by atoms with van der Waals surface area (Å²) in [7, 11) is -3.23. The van der Waals surface area contributed by atoms with Crippen molar-refractivity contribution >= 4 is 15.7 Å². The molecule has 1 aromatic carbocycles. The van der Waals surface area contributed by atoms with Gasteiger partial charge in [-0.1, -0.05) is 26.0 Å². The van der Waals surface area contributed by atoms with Gasteiger partial charge in [-0.15, -0.1) is 0 Å². The summed E-state index contributed by atoms with van der Waals surface area (Å²) in [5.74, 6) is -0.536. The molecule has 1 amide bonds. The van der Waals surface area contributed by atoms with Crippen molar-refractivity contribution in [3.05, 3.63) is 35.6 Å². The maximum absolute atomic E-state index is 13.5. The quantitative estimate of drug-likeness (QED) is 0.843. The lowest BCUT2D eigenvalue weighted by Gasteiger charge is -2.36. The summed E-state index contributed by atoms with van der Waals surface area (Å²) in [6.07, 6.45) is -0.0269. The maximum atomic E-state index is 13.5. The predicted octanol–water partition coefficient (Wildman–Crippen LogP) is 1.76. The fourth-order valence-corrected chi connectivity index (χ4v) is 4.66. The van der Waals surface area contributed by atoms with Crippen molar-refractivity contribution in [3.63, 3.8) is 0 Å². The van der Waals surface area contributed by atoms with Gasteiger partial charge in [0.1, 0.15) is 5.82 Å². The van der Waals surface area contributed by atoms with Crippen molar-refractivity contribution in [2.75, 3.05) is 31.1 Å². The molecule has 134 valence electrons. The van der Waals surface area contributed by atoms with Gasteiger partial charge < -0.3 is 10.2 Å². The zero-order valence-electron chi connectivity index (χ0n) is 14.2. The lowest BCUT2D eigenvalue weighted by atomic mass is 10.0. The second-order valence-electron chi connectivity index (χ2n) is 6.62. The summed E-state index contributed by atoms with van der Waals surface area (Å²) < 4.78 is 37.5. The lowest BCUT2D eigenvalue weighted by Crippen LogP contribution is -2.49. The molecule has 0 bridgehead atoms. The van der Waals surface area contributed by atoms with E-state index in [1.54, 1.807) is 17.0 Å². The Kier molecular flexibility index (Phi) is 6.34. The third-order valence-electron chi connectivity index (χ3n) is 4.01. The first kappa shape index (κ1) is 18.9. The summed E-state index contributed by atoms with van der Waals surface area (Å²) >= 11 is 0. The first-order chi connectivity index (χ1) is 11.3. The van der Waals surface area contributed by atoms with E-state index in [1.807, 2.05) is 13.8 Å². The molecule has 1 unspecified atom stereocenters. The van der Waals surface area contributed by atoms with Crippen LogP contribution in [0.25, 0.3) is 0 Å². The summed E-state index contributed by atoms with van der Waals surface area (Å²) in [6.45, 7) is 5.36. The average Bonchev–Trinajstić information content (AvgIpc) is 2.51. The van der Waals surface area contributed by atoms with Gasteiger partial charge in [-0.05, 0) is 23.6 Å². The van der Waals surface area contributed by atoms with E-state index < -0.39 is 9.84 Å². The summed E-state index contributed by atoms with van der Waals surface area (Å²) in [4.78, 5) is 14.2. The van der Waals surface area contributed by atoms with Crippen molar-refractivity contribution in [2.24, 2.45) is 5.92 Å². The van der Waals surface area contributed by atoms with E-state index in [9.17, 15) is 17.6 Å². The monoisotopic (exact) mass is 356 g/mol. The van der Waals surface area contributed by atoms with E-state index in [0.29, 0.717) is 19.6 Å². The third-order valence-corrected chi connectivity index (χ3v) is 6.01. The van der Waals surface area contributed by atoms with Gasteiger partial charge in [-0.3, -0.25) is 4.79 Å². The highest BCUT2D eigenvalue weighted by molar-refractivity contribution is 7.91. The Labute approximate surface area is 143 Å². The number of hydrogen-bond acceptors (Lipinski definition) is 4. The second-order valence-corrected chi connectivity index (χ2v) is 8.85. The van der Waals surface area contributed by atoms with E-state index >= 15 is 0 Å². The van der Waals surface area contributed by atoms with E-state index in [-0.39, 0.29) is 41.6 Å². The third kappa shape index (κ3) is 5.27. The van der Waals surface area contributed by atoms with Crippen LogP contribution in [0.2, 0.25) is 0 Å². The Bertz CT molecular complexity index is 676. The standard InChI is InChI=1S/C17H25FN2O3S/c1-13(2)12-24(22,23)9-6-17(21)20-8-7-19-11-16(20)14-4-3-5-15(18)10-14/h3-5,10,13,16,19H,6-9,11-12H2,1-2H3. The van der Waals surface area contributed by atoms with Gasteiger partial charge in [0, 0.05) is 26.1 Å². The molecule has 1 aliphatic rings. The smallest absolute Gasteiger partial charge is 0.224 e. The summed E-state index contributed by atoms with van der Waals surface area (Å²) in [6, 6.07) is 5.93. The van der Waals surface area contributed by atoms with Gasteiger partial charge in [0.15, 0.2) is 9.84 Å². The molecule has 1 atom stereocenters. The maximum Gasteiger partial charge on any atom is 0.224 e. The van der Waals surface area contributed by atoms with Gasteiger partial charge in [0.25, 0.3) is 0 Å². The number of carbonyl (C=O) groups is 1. The molecule has 0 aliphatic carbocycles. The molecule has 1 N–H and O–H groups in total. The van der Waals surface area contributed by atoms with Crippen LogP contribution in [0.3, 0.4) is 0 Å². The highest BCUT2D eigenvalue weighted by Crippen LogP contribution is 2.23. The highest BCUT2D eigenvalue weighted by Gasteiger charge is 2.28. The van der Waals surface area contributed by atoms with Crippen LogP contribution >= 0.6 is 0 Å². The Morgan fingerprint density at radius 1 is 1.42 bits per heavy atom. The average molecular weight is 356 g/mol. The molecule has 1 saturated heterocycles. The molecule has 24 heavy (non-hydrogen) atoms. The van der Waals surface area contributed by atoms with Crippen LogP contribution in [0.5, 0.6) is 0 Å². The topological polar surface area (TPSA) is 66.5 Å². The minimum Gasteiger partial charge on any atom is -0.333 e. The minimum absolute atomic E-state index is 0.0269. The van der Waals surface area contributed by atoms with E-state index in [1.165, 1.54) is 12.1 Å². The number of sulfone groups is 1. The van der Waals surface area contributed by atoms with Gasteiger partial charge in [0.05, 0.1) is 17.5 Å². The lowest BCUT2D eigenvalue weighted by molar-refractivity contribution is -0.134. The number of amides is 1. The molecular formula is C17H25FN2O3S. The first-order valence-corrected chi connectivity index (χ1v) is 10.1. The first-order valence-electron chi connectivity index (χ1n) is 8.24. The number of piperazine rings is 1. The number of carbonyl (C=O) groups excluding carboxylic acids is 1. The number of hydrogen-bond donors (Lipinski definition) is 1. The van der Waals surface area contributed by atoms with Crippen LogP contribution < -0.4 is 5.32 Å². The Morgan fingerprint density at radius 2 is 2.17 bits per heavy atom. The molecule has 1 fully saturated rings. The minimum atomic E-state index is -3.23. The molecule has 0 saturated carbocycles. The van der Waals surface area contributed by atoms with Gasteiger partial charge >= 0.3 is 0 Å². The largest absolute Gasteiger partial charge is 0.333 e. The van der Waals surface area contributed by atoms with Crippen molar-refractivity contribution in [3.8, 4) is 0 Å². The van der Waals surface area contributed by atoms with Crippen LogP contribution in [0.1, 0.15) is 31.9 Å². The molecule has 1 aliphatic heterocycles. The van der Waals surface area contributed by atoms with Gasteiger partial charge in [-0.2, -0.15) is 0 Å². The molecule has 2 rings (SSSR count). The number of nitrogens with zero attached hydrogens (tertiary/aromatic N) is 1. The Hall–Kier alpha value is -1.47. The summed E-state index contributed by atoms with van der Waals surface area (Å²) in [5.41, 5.74) is 0.723. The Balaban J connectivity index is 2.06. The fourth-order valence-electron chi connectivity index (χ4n) is 2.99. The van der Waals surface area contributed by atoms with Crippen LogP contribution in [0.15, 0.2) is 24.3 Å². The molecule has 5 nitrogen and oxygen atoms in total. The van der Waals surface area contributed by atoms with Gasteiger partial charge in [0.2, 0.25) is 5.91 Å². The normalized spacial score (nSPS) is 18.8. The number of rotatable bonds is 6. The zero-order chi connectivity index (χ0) is 17.7. The highest BCUT2D eigenvalue weighted by atomic mass is 32.2. The molecule has 0 spiro atoms.